The van der Waals surface area contributed by atoms with E-state index in [2.05, 4.69) is 10.6 Å². The minimum atomic E-state index is 0.0793. The van der Waals surface area contributed by atoms with Crippen molar-refractivity contribution in [1.29, 1.82) is 0 Å². The van der Waals surface area contributed by atoms with Gasteiger partial charge in [0.15, 0.2) is 0 Å². The second kappa shape index (κ2) is 5.50. The van der Waals surface area contributed by atoms with E-state index in [-0.39, 0.29) is 11.9 Å². The van der Waals surface area contributed by atoms with Gasteiger partial charge in [-0.15, -0.1) is 0 Å². The van der Waals surface area contributed by atoms with Crippen LogP contribution in [0.25, 0.3) is 0 Å². The summed E-state index contributed by atoms with van der Waals surface area (Å²) in [5.74, 6) is 0.998. The molecule has 1 saturated heterocycles. The second-order valence-electron chi connectivity index (χ2n) is 4.89. The Labute approximate surface area is 92.0 Å². The summed E-state index contributed by atoms with van der Waals surface area (Å²) in [7, 11) is 0. The van der Waals surface area contributed by atoms with E-state index in [0.717, 1.165) is 31.8 Å². The van der Waals surface area contributed by atoms with Crippen LogP contribution in [-0.2, 0) is 4.79 Å². The first kappa shape index (κ1) is 10.9. The fraction of sp³-hybridized carbons (Fsp3) is 0.917. The molecule has 2 rings (SSSR count). The molecule has 0 unspecified atom stereocenters. The van der Waals surface area contributed by atoms with Gasteiger partial charge in [0.05, 0.1) is 6.04 Å². The molecule has 3 nitrogen and oxygen atoms in total. The molecule has 0 radical (unpaired) electrons. The molecule has 15 heavy (non-hydrogen) atoms. The van der Waals surface area contributed by atoms with E-state index in [1.54, 1.807) is 0 Å². The Balaban J connectivity index is 1.82. The maximum absolute atomic E-state index is 11.7. The van der Waals surface area contributed by atoms with Crippen molar-refractivity contribution in [2.24, 2.45) is 5.92 Å². The fourth-order valence-electron chi connectivity index (χ4n) is 2.74. The number of carbonyl (C=O) groups is 1. The summed E-state index contributed by atoms with van der Waals surface area (Å²) in [6.45, 7) is 1.82. The van der Waals surface area contributed by atoms with E-state index >= 15 is 0 Å². The molecule has 3 heteroatoms. The second-order valence-corrected chi connectivity index (χ2v) is 4.89. The first-order valence-electron chi connectivity index (χ1n) is 6.37. The van der Waals surface area contributed by atoms with E-state index in [0.29, 0.717) is 0 Å². The van der Waals surface area contributed by atoms with Crippen LogP contribution in [0.15, 0.2) is 0 Å². The highest BCUT2D eigenvalue weighted by Crippen LogP contribution is 2.27. The third-order valence-corrected chi connectivity index (χ3v) is 3.65. The molecule has 1 atom stereocenters. The monoisotopic (exact) mass is 210 g/mol. The molecule has 1 aliphatic carbocycles. The average molecular weight is 210 g/mol. The third kappa shape index (κ3) is 3.20. The van der Waals surface area contributed by atoms with E-state index in [1.165, 1.54) is 32.1 Å². The van der Waals surface area contributed by atoms with Gasteiger partial charge in [-0.3, -0.25) is 4.79 Å². The average Bonchev–Trinajstić information content (AvgIpc) is 2.46. The molecular weight excluding hydrogens is 188 g/mol. The van der Waals surface area contributed by atoms with Gasteiger partial charge < -0.3 is 10.6 Å². The van der Waals surface area contributed by atoms with Gasteiger partial charge in [0.1, 0.15) is 0 Å². The highest BCUT2D eigenvalue weighted by Gasteiger charge is 2.24. The molecule has 0 spiro atoms. The van der Waals surface area contributed by atoms with Crippen molar-refractivity contribution in [2.45, 2.75) is 51.0 Å². The normalized spacial score (nSPS) is 29.6. The Bertz CT molecular complexity index is 212. The number of nitrogens with one attached hydrogen (secondary N) is 2. The Morgan fingerprint density at radius 2 is 1.87 bits per heavy atom. The molecule has 2 N–H and O–H groups in total. The summed E-state index contributed by atoms with van der Waals surface area (Å²) in [4.78, 5) is 11.7. The summed E-state index contributed by atoms with van der Waals surface area (Å²) >= 11 is 0. The van der Waals surface area contributed by atoms with Gasteiger partial charge >= 0.3 is 0 Å². The predicted molar refractivity (Wildman–Crippen MR) is 60.6 cm³/mol. The first-order valence-corrected chi connectivity index (χ1v) is 6.37. The zero-order chi connectivity index (χ0) is 10.5. The minimum Gasteiger partial charge on any atom is -0.355 e. The zero-order valence-corrected chi connectivity index (χ0v) is 9.43. The van der Waals surface area contributed by atoms with Crippen LogP contribution in [0.5, 0.6) is 0 Å². The lowest BCUT2D eigenvalue weighted by Gasteiger charge is -2.25. The molecule has 2 aliphatic rings. The summed E-state index contributed by atoms with van der Waals surface area (Å²) in [5, 5.41) is 6.35. The molecule has 0 aromatic carbocycles. The quantitative estimate of drug-likeness (QED) is 0.724. The van der Waals surface area contributed by atoms with Gasteiger partial charge in [0, 0.05) is 6.54 Å². The van der Waals surface area contributed by atoms with Crippen LogP contribution in [0.2, 0.25) is 0 Å². The molecule has 0 bridgehead atoms. The maximum Gasteiger partial charge on any atom is 0.237 e. The molecule has 86 valence electrons. The summed E-state index contributed by atoms with van der Waals surface area (Å²) in [6.07, 6.45) is 8.87. The van der Waals surface area contributed by atoms with Gasteiger partial charge in [-0.25, -0.2) is 0 Å². The smallest absolute Gasteiger partial charge is 0.237 e. The molecule has 1 amide bonds. The van der Waals surface area contributed by atoms with Crippen LogP contribution >= 0.6 is 0 Å². The van der Waals surface area contributed by atoms with Crippen molar-refractivity contribution in [3.63, 3.8) is 0 Å². The van der Waals surface area contributed by atoms with Gasteiger partial charge in [-0.2, -0.15) is 0 Å². The lowest BCUT2D eigenvalue weighted by Crippen LogP contribution is -2.42. The predicted octanol–water partition coefficient (Wildman–Crippen LogP) is 1.43. The molecule has 1 aliphatic heterocycles. The van der Waals surface area contributed by atoms with Crippen molar-refractivity contribution >= 4 is 5.91 Å². The van der Waals surface area contributed by atoms with E-state index in [4.69, 9.17) is 0 Å². The van der Waals surface area contributed by atoms with E-state index in [1.807, 2.05) is 0 Å². The Morgan fingerprint density at radius 1 is 1.07 bits per heavy atom. The highest BCUT2D eigenvalue weighted by molar-refractivity contribution is 5.81. The van der Waals surface area contributed by atoms with Crippen LogP contribution in [0.4, 0.5) is 0 Å². The summed E-state index contributed by atoms with van der Waals surface area (Å²) in [6, 6.07) is 0.0793. The number of amides is 1. The Kier molecular flexibility index (Phi) is 4.01. The van der Waals surface area contributed by atoms with Crippen molar-refractivity contribution < 1.29 is 4.79 Å². The van der Waals surface area contributed by atoms with Crippen LogP contribution in [0.3, 0.4) is 0 Å². The van der Waals surface area contributed by atoms with Gasteiger partial charge in [-0.1, -0.05) is 32.1 Å². The van der Waals surface area contributed by atoms with Crippen molar-refractivity contribution in [3.8, 4) is 0 Å². The van der Waals surface area contributed by atoms with Crippen LogP contribution < -0.4 is 10.6 Å². The van der Waals surface area contributed by atoms with E-state index < -0.39 is 0 Å². The minimum absolute atomic E-state index is 0.0793. The van der Waals surface area contributed by atoms with Gasteiger partial charge in [0.25, 0.3) is 0 Å². The molecular formula is C12H22N2O. The topological polar surface area (TPSA) is 41.1 Å². The van der Waals surface area contributed by atoms with Crippen molar-refractivity contribution in [1.82, 2.24) is 10.6 Å². The van der Waals surface area contributed by atoms with Crippen LogP contribution in [0, 0.1) is 5.92 Å². The third-order valence-electron chi connectivity index (χ3n) is 3.65. The fourth-order valence-corrected chi connectivity index (χ4v) is 2.74. The van der Waals surface area contributed by atoms with Gasteiger partial charge in [-0.05, 0) is 25.3 Å². The van der Waals surface area contributed by atoms with Crippen molar-refractivity contribution in [3.05, 3.63) is 0 Å². The summed E-state index contributed by atoms with van der Waals surface area (Å²) < 4.78 is 0. The number of hydrogen-bond donors (Lipinski definition) is 2. The van der Waals surface area contributed by atoms with Crippen LogP contribution in [-0.4, -0.2) is 25.0 Å². The Hall–Kier alpha value is -0.570. The largest absolute Gasteiger partial charge is 0.355 e. The number of rotatable bonds is 2. The van der Waals surface area contributed by atoms with Gasteiger partial charge in [0.2, 0.25) is 5.91 Å². The first-order chi connectivity index (χ1) is 7.36. The highest BCUT2D eigenvalue weighted by atomic mass is 16.2. The zero-order valence-electron chi connectivity index (χ0n) is 9.43. The van der Waals surface area contributed by atoms with Crippen LogP contribution in [0.1, 0.15) is 44.9 Å². The lowest BCUT2D eigenvalue weighted by atomic mass is 9.84. The maximum atomic E-state index is 11.7. The molecule has 0 aromatic rings. The number of hydrogen-bond acceptors (Lipinski definition) is 2. The molecule has 1 saturated carbocycles. The van der Waals surface area contributed by atoms with E-state index in [9.17, 15) is 4.79 Å². The molecule has 1 heterocycles. The lowest BCUT2D eigenvalue weighted by molar-refractivity contribution is -0.123. The Morgan fingerprint density at radius 3 is 2.67 bits per heavy atom. The standard InChI is InChI=1S/C12H22N2O/c15-12-11(13-7-4-8-14-12)9-10-5-2-1-3-6-10/h10-11,13H,1-9H2,(H,14,15)/t11-/m1/s1. The van der Waals surface area contributed by atoms with Crippen molar-refractivity contribution in [2.75, 3.05) is 13.1 Å². The number of carbonyl (C=O) groups excluding carboxylic acids is 1. The molecule has 0 aromatic heterocycles. The SMILES string of the molecule is O=C1NCCCN[C@@H]1CC1CCCCC1. The summed E-state index contributed by atoms with van der Waals surface area (Å²) in [5.41, 5.74) is 0. The molecule has 2 fully saturated rings.